The summed E-state index contributed by atoms with van der Waals surface area (Å²) in [6.07, 6.45) is 0. The number of hydrogen-bond donors (Lipinski definition) is 0. The van der Waals surface area contributed by atoms with Crippen LogP contribution in [0.25, 0.3) is 0 Å². The van der Waals surface area contributed by atoms with Crippen LogP contribution in [-0.2, 0) is 0 Å². The summed E-state index contributed by atoms with van der Waals surface area (Å²) in [5.74, 6) is 0. The van der Waals surface area contributed by atoms with Gasteiger partial charge < -0.3 is 0 Å². The third kappa shape index (κ3) is 31.4. The second-order valence-electron chi connectivity index (χ2n) is 0.236. The normalized spacial score (nSPS) is 3.25. The minimum atomic E-state index is 0. The lowest BCUT2D eigenvalue weighted by atomic mass is 11.0. The highest BCUT2D eigenvalue weighted by molar-refractivity contribution is 7.78. The van der Waals surface area contributed by atoms with E-state index in [1.807, 2.05) is 6.92 Å². The van der Waals surface area contributed by atoms with Crippen LogP contribution in [0.15, 0.2) is 0 Å². The molecule has 4 heavy (non-hydrogen) atoms. The molecule has 0 atom stereocenters. The van der Waals surface area contributed by atoms with Crippen molar-refractivity contribution in [3.05, 3.63) is 0 Å². The highest BCUT2D eigenvalue weighted by Gasteiger charge is 1.19. The van der Waals surface area contributed by atoms with Gasteiger partial charge in [-0.15, -0.1) is 12.4 Å². The van der Waals surface area contributed by atoms with Gasteiger partial charge in [-0.25, -0.2) is 0 Å². The van der Waals surface area contributed by atoms with Crippen LogP contribution in [-0.4, -0.2) is 5.37 Å². The first-order valence-electron chi connectivity index (χ1n) is 0.813. The third-order valence-corrected chi connectivity index (χ3v) is 0. The molecular weight excluding hydrogens is 91.5 g/mol. The van der Waals surface area contributed by atoms with Gasteiger partial charge in [-0.05, 0) is 12.3 Å². The maximum absolute atomic E-state index is 4.27. The highest BCUT2D eigenvalue weighted by Crippen LogP contribution is 1.32. The standard InChI is InChI=1S/C2H4S.ClH/c1-2-3;/h2H,1H3;1H. The minimum Gasteiger partial charge on any atom is -0.147 e. The molecule has 0 amide bonds. The van der Waals surface area contributed by atoms with Gasteiger partial charge in [0.1, 0.15) is 0 Å². The number of halogens is 1. The zero-order chi connectivity index (χ0) is 2.71. The Hall–Kier alpha value is 0.380. The summed E-state index contributed by atoms with van der Waals surface area (Å²) in [6, 6.07) is 0. The molecule has 0 fully saturated rings. The maximum atomic E-state index is 4.27. The molecule has 0 radical (unpaired) electrons. The van der Waals surface area contributed by atoms with Crippen LogP contribution < -0.4 is 0 Å². The van der Waals surface area contributed by atoms with Crippen molar-refractivity contribution in [1.29, 1.82) is 0 Å². The molecule has 0 unspecified atom stereocenters. The van der Waals surface area contributed by atoms with E-state index in [1.54, 1.807) is 5.37 Å². The Morgan fingerprint density at radius 3 is 1.75 bits per heavy atom. The first-order chi connectivity index (χ1) is 1.41. The molecule has 0 nitrogen and oxygen atoms in total. The summed E-state index contributed by atoms with van der Waals surface area (Å²) >= 11 is 4.27. The maximum Gasteiger partial charge on any atom is -0.0242 e. The average Bonchev–Trinajstić information content (AvgIpc) is 0.918. The number of hydrogen-bond acceptors (Lipinski definition) is 1. The smallest absolute Gasteiger partial charge is 0.0242 e. The van der Waals surface area contributed by atoms with Crippen LogP contribution in [0.5, 0.6) is 0 Å². The molecule has 2 heteroatoms. The zero-order valence-electron chi connectivity index (χ0n) is 2.39. The second kappa shape index (κ2) is 10.1. The van der Waals surface area contributed by atoms with Crippen LogP contribution in [0.1, 0.15) is 6.92 Å². The van der Waals surface area contributed by atoms with E-state index in [1.165, 1.54) is 0 Å². The van der Waals surface area contributed by atoms with Crippen molar-refractivity contribution in [3.8, 4) is 0 Å². The number of rotatable bonds is 0. The molecule has 0 aromatic heterocycles. The van der Waals surface area contributed by atoms with Crippen molar-refractivity contribution in [2.45, 2.75) is 6.92 Å². The largest absolute Gasteiger partial charge is 0.147 e. The van der Waals surface area contributed by atoms with Gasteiger partial charge in [-0.3, -0.25) is 0 Å². The number of thiocarbonyl (C=S) groups is 1. The molecule has 0 aliphatic carbocycles. The van der Waals surface area contributed by atoms with E-state index in [0.717, 1.165) is 0 Å². The second-order valence-corrected chi connectivity index (χ2v) is 0.707. The van der Waals surface area contributed by atoms with Crippen molar-refractivity contribution in [2.75, 3.05) is 0 Å². The van der Waals surface area contributed by atoms with E-state index in [2.05, 4.69) is 12.2 Å². The van der Waals surface area contributed by atoms with E-state index in [-0.39, 0.29) is 12.4 Å². The Kier molecular flexibility index (Phi) is 22.2. The molecule has 0 N–H and O–H groups in total. The summed E-state index contributed by atoms with van der Waals surface area (Å²) in [5.41, 5.74) is 0. The SMILES string of the molecule is CC=S.Cl. The zero-order valence-corrected chi connectivity index (χ0v) is 4.03. The van der Waals surface area contributed by atoms with Crippen LogP contribution in [0, 0.1) is 0 Å². The van der Waals surface area contributed by atoms with Gasteiger partial charge in [0.2, 0.25) is 0 Å². The van der Waals surface area contributed by atoms with Gasteiger partial charge in [0.15, 0.2) is 0 Å². The molecule has 0 rings (SSSR count). The van der Waals surface area contributed by atoms with Crippen molar-refractivity contribution < 1.29 is 0 Å². The molecule has 0 spiro atoms. The van der Waals surface area contributed by atoms with Crippen molar-refractivity contribution in [1.82, 2.24) is 0 Å². The van der Waals surface area contributed by atoms with Gasteiger partial charge in [-0.1, -0.05) is 12.2 Å². The lowest BCUT2D eigenvalue weighted by molar-refractivity contribution is 2.14. The molecule has 0 aliphatic heterocycles. The summed E-state index contributed by atoms with van der Waals surface area (Å²) < 4.78 is 0. The van der Waals surface area contributed by atoms with Gasteiger partial charge in [0, 0.05) is 0 Å². The van der Waals surface area contributed by atoms with E-state index in [9.17, 15) is 0 Å². The van der Waals surface area contributed by atoms with E-state index >= 15 is 0 Å². The summed E-state index contributed by atoms with van der Waals surface area (Å²) in [6.45, 7) is 1.81. The van der Waals surface area contributed by atoms with Crippen LogP contribution in [0.2, 0.25) is 0 Å². The molecule has 0 saturated heterocycles. The molecule has 0 aromatic carbocycles. The van der Waals surface area contributed by atoms with Crippen molar-refractivity contribution >= 4 is 30.0 Å². The van der Waals surface area contributed by atoms with E-state index in [0.29, 0.717) is 0 Å². The molecule has 0 heterocycles. The van der Waals surface area contributed by atoms with Gasteiger partial charge >= 0.3 is 0 Å². The topological polar surface area (TPSA) is 0 Å². The van der Waals surface area contributed by atoms with Gasteiger partial charge in [-0.2, -0.15) is 0 Å². The van der Waals surface area contributed by atoms with Crippen LogP contribution in [0.4, 0.5) is 0 Å². The Labute approximate surface area is 37.6 Å². The quantitative estimate of drug-likeness (QED) is 0.411. The molecule has 0 bridgehead atoms. The predicted molar refractivity (Wildman–Crippen MR) is 26.6 cm³/mol. The lowest BCUT2D eigenvalue weighted by Crippen LogP contribution is -1.26. The first kappa shape index (κ1) is 8.83. The highest BCUT2D eigenvalue weighted by atomic mass is 35.5. The lowest BCUT2D eigenvalue weighted by Gasteiger charge is -1.26. The van der Waals surface area contributed by atoms with E-state index in [4.69, 9.17) is 0 Å². The van der Waals surface area contributed by atoms with Crippen LogP contribution in [0.3, 0.4) is 0 Å². The molecule has 0 saturated carbocycles. The van der Waals surface area contributed by atoms with Gasteiger partial charge in [0.25, 0.3) is 0 Å². The Morgan fingerprint density at radius 2 is 1.75 bits per heavy atom. The monoisotopic (exact) mass is 96.0 g/mol. The summed E-state index contributed by atoms with van der Waals surface area (Å²) in [4.78, 5) is 0. The first-order valence-corrected chi connectivity index (χ1v) is 1.28. The fraction of sp³-hybridized carbons (Fsp3) is 0.500. The molecule has 0 aliphatic rings. The summed E-state index contributed by atoms with van der Waals surface area (Å²) in [5, 5.41) is 1.58. The molecule has 0 aromatic rings. The fourth-order valence-electron chi connectivity index (χ4n) is 0. The van der Waals surface area contributed by atoms with E-state index < -0.39 is 0 Å². The Bertz CT molecular complexity index is 13.5. The predicted octanol–water partition coefficient (Wildman–Crippen LogP) is 1.43. The Balaban J connectivity index is 0. The van der Waals surface area contributed by atoms with Crippen molar-refractivity contribution in [3.63, 3.8) is 0 Å². The molecule has 26 valence electrons. The Morgan fingerprint density at radius 1 is 1.75 bits per heavy atom. The third-order valence-electron chi connectivity index (χ3n) is 0. The van der Waals surface area contributed by atoms with Gasteiger partial charge in [0.05, 0.1) is 0 Å². The summed E-state index contributed by atoms with van der Waals surface area (Å²) in [7, 11) is 0. The van der Waals surface area contributed by atoms with Crippen LogP contribution >= 0.6 is 24.6 Å². The average molecular weight is 96.6 g/mol. The molecular formula is C2H5ClS. The minimum absolute atomic E-state index is 0. The fourth-order valence-corrected chi connectivity index (χ4v) is 0. The van der Waals surface area contributed by atoms with Crippen molar-refractivity contribution in [2.24, 2.45) is 0 Å².